The van der Waals surface area contributed by atoms with Crippen LogP contribution < -0.4 is 15.1 Å². The summed E-state index contributed by atoms with van der Waals surface area (Å²) in [6.45, 7) is 8.13. The second-order valence-corrected chi connectivity index (χ2v) is 6.97. The minimum absolute atomic E-state index is 0.640. The molecule has 4 rings (SSSR count). The van der Waals surface area contributed by atoms with Crippen molar-refractivity contribution < 1.29 is 0 Å². The molecule has 1 fully saturated rings. The summed E-state index contributed by atoms with van der Waals surface area (Å²) in [6.07, 6.45) is 1.83. The molecular formula is C22H25N5. The molecule has 2 aromatic carbocycles. The summed E-state index contributed by atoms with van der Waals surface area (Å²) in [4.78, 5) is 13.9. The van der Waals surface area contributed by atoms with Crippen LogP contribution in [0.25, 0.3) is 0 Å². The molecule has 3 aromatic rings. The number of nitrogens with one attached hydrogen (secondary N) is 1. The molecule has 5 heteroatoms. The fourth-order valence-electron chi connectivity index (χ4n) is 3.37. The quantitative estimate of drug-likeness (QED) is 0.758. The lowest BCUT2D eigenvalue weighted by molar-refractivity contribution is 0.647. The van der Waals surface area contributed by atoms with Crippen LogP contribution in [0.5, 0.6) is 0 Å². The van der Waals surface area contributed by atoms with Crippen molar-refractivity contribution in [3.63, 3.8) is 0 Å². The molecule has 1 aliphatic heterocycles. The van der Waals surface area contributed by atoms with Gasteiger partial charge < -0.3 is 15.1 Å². The van der Waals surface area contributed by atoms with Crippen molar-refractivity contribution in [3.8, 4) is 0 Å². The highest BCUT2D eigenvalue weighted by Crippen LogP contribution is 2.21. The molecular weight excluding hydrogens is 334 g/mol. The number of anilines is 4. The Labute approximate surface area is 160 Å². The van der Waals surface area contributed by atoms with E-state index in [1.807, 2.05) is 12.3 Å². The lowest BCUT2D eigenvalue weighted by Crippen LogP contribution is -2.46. The van der Waals surface area contributed by atoms with E-state index in [0.717, 1.165) is 37.7 Å². The predicted molar refractivity (Wildman–Crippen MR) is 112 cm³/mol. The van der Waals surface area contributed by atoms with Gasteiger partial charge in [-0.15, -0.1) is 0 Å². The van der Waals surface area contributed by atoms with Crippen LogP contribution in [0.1, 0.15) is 11.1 Å². The lowest BCUT2D eigenvalue weighted by atomic mass is 10.1. The van der Waals surface area contributed by atoms with Crippen LogP contribution in [0.3, 0.4) is 0 Å². The summed E-state index contributed by atoms with van der Waals surface area (Å²) in [6, 6.07) is 18.9. The first-order valence-electron chi connectivity index (χ1n) is 9.41. The van der Waals surface area contributed by atoms with Crippen LogP contribution in [-0.2, 0) is 0 Å². The fourth-order valence-corrected chi connectivity index (χ4v) is 3.37. The molecule has 27 heavy (non-hydrogen) atoms. The zero-order chi connectivity index (χ0) is 18.6. The molecule has 0 atom stereocenters. The third-order valence-electron chi connectivity index (χ3n) is 5.13. The monoisotopic (exact) mass is 359 g/mol. The Hall–Kier alpha value is -3.08. The summed E-state index contributed by atoms with van der Waals surface area (Å²) in [5.41, 5.74) is 4.85. The van der Waals surface area contributed by atoms with Gasteiger partial charge >= 0.3 is 0 Å². The summed E-state index contributed by atoms with van der Waals surface area (Å²) in [5.74, 6) is 1.62. The molecule has 1 aliphatic rings. The molecule has 5 nitrogen and oxygen atoms in total. The van der Waals surface area contributed by atoms with Crippen LogP contribution in [0.15, 0.2) is 60.8 Å². The SMILES string of the molecule is Cc1ccc(Nc2nccc(N3CCN(c4ccccc4)CC3)n2)cc1C. The second kappa shape index (κ2) is 7.66. The number of hydrogen-bond acceptors (Lipinski definition) is 5. The van der Waals surface area contributed by atoms with Gasteiger partial charge in [0, 0.05) is 43.8 Å². The molecule has 0 aliphatic carbocycles. The van der Waals surface area contributed by atoms with Crippen molar-refractivity contribution in [3.05, 3.63) is 71.9 Å². The first kappa shape index (κ1) is 17.3. The highest BCUT2D eigenvalue weighted by atomic mass is 15.3. The molecule has 1 aromatic heterocycles. The Morgan fingerprint density at radius 2 is 1.56 bits per heavy atom. The first-order chi connectivity index (χ1) is 13.2. The van der Waals surface area contributed by atoms with Crippen LogP contribution >= 0.6 is 0 Å². The molecule has 0 unspecified atom stereocenters. The third kappa shape index (κ3) is 4.03. The van der Waals surface area contributed by atoms with E-state index >= 15 is 0 Å². The van der Waals surface area contributed by atoms with Gasteiger partial charge in [-0.05, 0) is 55.3 Å². The minimum atomic E-state index is 0.640. The molecule has 1 saturated heterocycles. The van der Waals surface area contributed by atoms with Crippen molar-refractivity contribution in [1.29, 1.82) is 0 Å². The largest absolute Gasteiger partial charge is 0.368 e. The normalized spacial score (nSPS) is 14.3. The summed E-state index contributed by atoms with van der Waals surface area (Å²) in [5, 5.41) is 3.33. The molecule has 0 spiro atoms. The van der Waals surface area contributed by atoms with E-state index in [0.29, 0.717) is 5.95 Å². The maximum atomic E-state index is 4.73. The smallest absolute Gasteiger partial charge is 0.229 e. The van der Waals surface area contributed by atoms with Gasteiger partial charge in [0.15, 0.2) is 0 Å². The van der Waals surface area contributed by atoms with E-state index in [1.54, 1.807) is 0 Å². The Morgan fingerprint density at radius 3 is 2.30 bits per heavy atom. The molecule has 0 saturated carbocycles. The zero-order valence-corrected chi connectivity index (χ0v) is 15.9. The van der Waals surface area contributed by atoms with Gasteiger partial charge in [0.05, 0.1) is 0 Å². The summed E-state index contributed by atoms with van der Waals surface area (Å²) < 4.78 is 0. The molecule has 0 bridgehead atoms. The summed E-state index contributed by atoms with van der Waals surface area (Å²) in [7, 11) is 0. The average Bonchev–Trinajstić information content (AvgIpc) is 2.72. The van der Waals surface area contributed by atoms with E-state index in [1.165, 1.54) is 16.8 Å². The van der Waals surface area contributed by atoms with Crippen LogP contribution in [0.4, 0.5) is 23.1 Å². The molecule has 138 valence electrons. The van der Waals surface area contributed by atoms with E-state index < -0.39 is 0 Å². The Balaban J connectivity index is 1.43. The predicted octanol–water partition coefficient (Wildman–Crippen LogP) is 4.16. The van der Waals surface area contributed by atoms with E-state index in [9.17, 15) is 0 Å². The van der Waals surface area contributed by atoms with Crippen molar-refractivity contribution in [2.75, 3.05) is 41.3 Å². The van der Waals surface area contributed by atoms with Gasteiger partial charge in [0.2, 0.25) is 5.95 Å². The topological polar surface area (TPSA) is 44.3 Å². The fraction of sp³-hybridized carbons (Fsp3) is 0.273. The van der Waals surface area contributed by atoms with E-state index in [4.69, 9.17) is 4.98 Å². The summed E-state index contributed by atoms with van der Waals surface area (Å²) >= 11 is 0. The van der Waals surface area contributed by atoms with Gasteiger partial charge in [0.25, 0.3) is 0 Å². The Bertz CT molecular complexity index is 902. The van der Waals surface area contributed by atoms with Gasteiger partial charge in [-0.3, -0.25) is 0 Å². The number of aryl methyl sites for hydroxylation is 2. The first-order valence-corrected chi connectivity index (χ1v) is 9.41. The highest BCUT2D eigenvalue weighted by molar-refractivity contribution is 5.57. The van der Waals surface area contributed by atoms with Crippen LogP contribution in [0.2, 0.25) is 0 Å². The van der Waals surface area contributed by atoms with Gasteiger partial charge in [-0.1, -0.05) is 24.3 Å². The van der Waals surface area contributed by atoms with E-state index in [2.05, 4.69) is 82.5 Å². The lowest BCUT2D eigenvalue weighted by Gasteiger charge is -2.36. The maximum Gasteiger partial charge on any atom is 0.229 e. The van der Waals surface area contributed by atoms with Crippen LogP contribution in [-0.4, -0.2) is 36.1 Å². The number of benzene rings is 2. The molecule has 0 amide bonds. The minimum Gasteiger partial charge on any atom is -0.368 e. The van der Waals surface area contributed by atoms with E-state index in [-0.39, 0.29) is 0 Å². The molecule has 2 heterocycles. The van der Waals surface area contributed by atoms with Crippen molar-refractivity contribution in [1.82, 2.24) is 9.97 Å². The van der Waals surface area contributed by atoms with Gasteiger partial charge in [-0.25, -0.2) is 4.98 Å². The number of para-hydroxylation sites is 1. The number of piperazine rings is 1. The third-order valence-corrected chi connectivity index (χ3v) is 5.13. The van der Waals surface area contributed by atoms with Gasteiger partial charge in [-0.2, -0.15) is 4.98 Å². The Kier molecular flexibility index (Phi) is 4.92. The average molecular weight is 359 g/mol. The number of rotatable bonds is 4. The van der Waals surface area contributed by atoms with Crippen molar-refractivity contribution in [2.24, 2.45) is 0 Å². The van der Waals surface area contributed by atoms with Crippen LogP contribution in [0, 0.1) is 13.8 Å². The number of aromatic nitrogens is 2. The standard InChI is InChI=1S/C22H25N5/c1-17-8-9-19(16-18(17)2)24-22-23-11-10-21(25-22)27-14-12-26(13-15-27)20-6-4-3-5-7-20/h3-11,16H,12-15H2,1-2H3,(H,23,24,25). The highest BCUT2D eigenvalue weighted by Gasteiger charge is 2.18. The van der Waals surface area contributed by atoms with Crippen molar-refractivity contribution in [2.45, 2.75) is 13.8 Å². The Morgan fingerprint density at radius 1 is 0.815 bits per heavy atom. The number of hydrogen-bond donors (Lipinski definition) is 1. The second-order valence-electron chi connectivity index (χ2n) is 6.97. The number of nitrogens with zero attached hydrogens (tertiary/aromatic N) is 4. The van der Waals surface area contributed by atoms with Gasteiger partial charge in [0.1, 0.15) is 5.82 Å². The molecule has 0 radical (unpaired) electrons. The zero-order valence-electron chi connectivity index (χ0n) is 15.9. The van der Waals surface area contributed by atoms with Crippen molar-refractivity contribution >= 4 is 23.1 Å². The molecule has 1 N–H and O–H groups in total. The maximum absolute atomic E-state index is 4.73.